The van der Waals surface area contributed by atoms with Crippen molar-refractivity contribution in [3.05, 3.63) is 144 Å². The van der Waals surface area contributed by atoms with E-state index in [0.29, 0.717) is 27.1 Å². The summed E-state index contributed by atoms with van der Waals surface area (Å²) >= 11 is 1.31. The summed E-state index contributed by atoms with van der Waals surface area (Å²) in [6.07, 6.45) is 3.78. The van der Waals surface area contributed by atoms with Crippen molar-refractivity contribution >= 4 is 23.4 Å². The summed E-state index contributed by atoms with van der Waals surface area (Å²) in [6.45, 7) is 5.28. The van der Waals surface area contributed by atoms with E-state index >= 15 is 0 Å². The zero-order valence-electron chi connectivity index (χ0n) is 24.8. The number of allylic oxidation sites excluding steroid dienone is 1. The molecule has 0 fully saturated rings. The molecule has 0 aliphatic carbocycles. The molecule has 1 atom stereocenters. The molecule has 9 nitrogen and oxygen atoms in total. The van der Waals surface area contributed by atoms with Crippen LogP contribution in [0.15, 0.2) is 112 Å². The number of thiazole rings is 1. The molecule has 0 amide bonds. The van der Waals surface area contributed by atoms with Crippen LogP contribution in [0.5, 0.6) is 0 Å². The molecule has 6 rings (SSSR count). The van der Waals surface area contributed by atoms with Gasteiger partial charge in [-0.1, -0.05) is 89.3 Å². The Kier molecular flexibility index (Phi) is 8.44. The van der Waals surface area contributed by atoms with Gasteiger partial charge in [0.15, 0.2) is 4.80 Å². The summed E-state index contributed by atoms with van der Waals surface area (Å²) in [5.74, 6) is -0.466. The van der Waals surface area contributed by atoms with Crippen LogP contribution in [0.25, 0.3) is 11.8 Å². The smallest absolute Gasteiger partial charge is 0.338 e. The molecule has 3 heterocycles. The highest BCUT2D eigenvalue weighted by Crippen LogP contribution is 2.30. The largest absolute Gasteiger partial charge is 0.463 e. The number of carbonyl (C=O) groups excluding carboxylic acids is 1. The molecule has 5 aromatic rings. The summed E-state index contributed by atoms with van der Waals surface area (Å²) in [5, 5.41) is 8.68. The third-order valence-electron chi connectivity index (χ3n) is 7.36. The van der Waals surface area contributed by atoms with Gasteiger partial charge < -0.3 is 4.74 Å². The first-order valence-electron chi connectivity index (χ1n) is 14.4. The average molecular weight is 605 g/mol. The Morgan fingerprint density at radius 1 is 1.00 bits per heavy atom. The fourth-order valence-corrected chi connectivity index (χ4v) is 6.39. The topological polar surface area (TPSA) is 94.6 Å². The molecule has 1 aliphatic rings. The number of esters is 1. The molecular weight excluding hydrogens is 572 g/mol. The van der Waals surface area contributed by atoms with Crippen molar-refractivity contribution in [2.24, 2.45) is 4.99 Å². The standard InChI is InChI=1S/C34H32N6O3S/c1-4-43-33(42)30-23(2)35-34-40(31(30)26-13-9-6-10-14-26)32(41)29(44-34)19-24-15-17-28(18-16-24)39-22-27(36-37-39)21-38(3)20-25-11-7-5-8-12-25/h5-19,22,31H,4,20-21H2,1-3H3/b29-19-. The monoisotopic (exact) mass is 604 g/mol. The lowest BCUT2D eigenvalue weighted by atomic mass is 9.96. The Morgan fingerprint density at radius 3 is 2.41 bits per heavy atom. The zero-order chi connectivity index (χ0) is 30.6. The minimum Gasteiger partial charge on any atom is -0.463 e. The van der Waals surface area contributed by atoms with Crippen molar-refractivity contribution in [3.8, 4) is 5.69 Å². The van der Waals surface area contributed by atoms with Crippen LogP contribution in [0.1, 0.15) is 42.3 Å². The van der Waals surface area contributed by atoms with Gasteiger partial charge in [-0.3, -0.25) is 14.3 Å². The number of nitrogens with zero attached hydrogens (tertiary/aromatic N) is 6. The van der Waals surface area contributed by atoms with Crippen molar-refractivity contribution in [2.45, 2.75) is 33.0 Å². The molecule has 0 N–H and O–H groups in total. The van der Waals surface area contributed by atoms with Gasteiger partial charge in [-0.15, -0.1) is 5.10 Å². The predicted molar refractivity (Wildman–Crippen MR) is 170 cm³/mol. The van der Waals surface area contributed by atoms with Crippen molar-refractivity contribution in [2.75, 3.05) is 13.7 Å². The zero-order valence-corrected chi connectivity index (χ0v) is 25.6. The Balaban J connectivity index is 1.26. The Bertz CT molecular complexity index is 1990. The minimum absolute atomic E-state index is 0.207. The average Bonchev–Trinajstić information content (AvgIpc) is 3.61. The van der Waals surface area contributed by atoms with E-state index in [1.165, 1.54) is 16.9 Å². The van der Waals surface area contributed by atoms with Gasteiger partial charge in [0, 0.05) is 13.1 Å². The highest BCUT2D eigenvalue weighted by atomic mass is 32.1. The van der Waals surface area contributed by atoms with Crippen molar-refractivity contribution in [3.63, 3.8) is 0 Å². The van der Waals surface area contributed by atoms with Gasteiger partial charge in [-0.2, -0.15) is 0 Å². The van der Waals surface area contributed by atoms with Gasteiger partial charge in [0.25, 0.3) is 5.56 Å². The lowest BCUT2D eigenvalue weighted by molar-refractivity contribution is -0.139. The Morgan fingerprint density at radius 2 is 1.70 bits per heavy atom. The highest BCUT2D eigenvalue weighted by Gasteiger charge is 2.33. The van der Waals surface area contributed by atoms with Crippen LogP contribution >= 0.6 is 11.3 Å². The number of aromatic nitrogens is 4. The first-order chi connectivity index (χ1) is 21.4. The molecule has 222 valence electrons. The van der Waals surface area contributed by atoms with E-state index < -0.39 is 12.0 Å². The molecule has 0 spiro atoms. The second-order valence-corrected chi connectivity index (χ2v) is 11.6. The minimum atomic E-state index is -0.621. The number of ether oxygens (including phenoxy) is 1. The van der Waals surface area contributed by atoms with E-state index in [9.17, 15) is 9.59 Å². The molecule has 44 heavy (non-hydrogen) atoms. The predicted octanol–water partition coefficient (Wildman–Crippen LogP) is 4.01. The Hall–Kier alpha value is -4.93. The maximum Gasteiger partial charge on any atom is 0.338 e. The summed E-state index contributed by atoms with van der Waals surface area (Å²) in [6, 6.07) is 27.0. The van der Waals surface area contributed by atoms with E-state index in [0.717, 1.165) is 29.1 Å². The first kappa shape index (κ1) is 29.2. The number of benzene rings is 3. The lowest BCUT2D eigenvalue weighted by Gasteiger charge is -2.24. The molecule has 0 saturated heterocycles. The summed E-state index contributed by atoms with van der Waals surface area (Å²) in [4.78, 5) is 34.2. The summed E-state index contributed by atoms with van der Waals surface area (Å²) in [5.41, 5.74) is 5.38. The van der Waals surface area contributed by atoms with Gasteiger partial charge in [0.05, 0.1) is 46.0 Å². The third-order valence-corrected chi connectivity index (χ3v) is 8.34. The van der Waals surface area contributed by atoms with Crippen LogP contribution in [0, 0.1) is 0 Å². The second-order valence-electron chi connectivity index (χ2n) is 10.6. The van der Waals surface area contributed by atoms with Crippen LogP contribution in [0.4, 0.5) is 0 Å². The van der Waals surface area contributed by atoms with Crippen LogP contribution < -0.4 is 14.9 Å². The molecule has 0 bridgehead atoms. The van der Waals surface area contributed by atoms with Crippen LogP contribution in [-0.2, 0) is 22.6 Å². The van der Waals surface area contributed by atoms with Gasteiger partial charge in [-0.25, -0.2) is 14.5 Å². The number of rotatable bonds is 9. The molecule has 10 heteroatoms. The van der Waals surface area contributed by atoms with Gasteiger partial charge in [0.2, 0.25) is 0 Å². The molecular formula is C34H32N6O3S. The van der Waals surface area contributed by atoms with E-state index in [4.69, 9.17) is 4.74 Å². The maximum absolute atomic E-state index is 13.8. The SMILES string of the molecule is CCOC(=O)C1=C(C)N=c2s/c(=C\c3ccc(-n4cc(CN(C)Cc5ccccc5)nn4)cc3)c(=O)n2C1c1ccccc1. The van der Waals surface area contributed by atoms with E-state index in [-0.39, 0.29) is 12.2 Å². The number of fused-ring (bicyclic) bond motifs is 1. The second kappa shape index (κ2) is 12.7. The molecule has 0 saturated carbocycles. The van der Waals surface area contributed by atoms with E-state index in [2.05, 4.69) is 39.4 Å². The maximum atomic E-state index is 13.8. The molecule has 1 aliphatic heterocycles. The summed E-state index contributed by atoms with van der Waals surface area (Å²) < 4.78 is 9.25. The Labute approximate surface area is 258 Å². The van der Waals surface area contributed by atoms with Crippen molar-refractivity contribution in [1.29, 1.82) is 0 Å². The normalized spacial score (nSPS) is 14.9. The van der Waals surface area contributed by atoms with Gasteiger partial charge in [-0.05, 0) is 55.8 Å². The van der Waals surface area contributed by atoms with Crippen molar-refractivity contribution in [1.82, 2.24) is 24.5 Å². The lowest BCUT2D eigenvalue weighted by Crippen LogP contribution is -2.39. The summed E-state index contributed by atoms with van der Waals surface area (Å²) in [7, 11) is 2.06. The van der Waals surface area contributed by atoms with Crippen molar-refractivity contribution < 1.29 is 9.53 Å². The number of hydrogen-bond acceptors (Lipinski definition) is 8. The fraction of sp³-hybridized carbons (Fsp3) is 0.206. The fourth-order valence-electron chi connectivity index (χ4n) is 5.34. The van der Waals surface area contributed by atoms with E-state index in [1.807, 2.05) is 85.1 Å². The van der Waals surface area contributed by atoms with Crippen LogP contribution in [0.2, 0.25) is 0 Å². The first-order valence-corrected chi connectivity index (χ1v) is 15.2. The molecule has 0 radical (unpaired) electrons. The molecule has 3 aromatic carbocycles. The van der Waals surface area contributed by atoms with E-state index in [1.54, 1.807) is 23.1 Å². The molecule has 1 unspecified atom stereocenters. The molecule has 2 aromatic heterocycles. The van der Waals surface area contributed by atoms with Gasteiger partial charge in [0.1, 0.15) is 0 Å². The van der Waals surface area contributed by atoms with Gasteiger partial charge >= 0.3 is 5.97 Å². The highest BCUT2D eigenvalue weighted by molar-refractivity contribution is 7.07. The third kappa shape index (κ3) is 6.08. The number of carbonyl (C=O) groups is 1. The van der Waals surface area contributed by atoms with Crippen LogP contribution in [-0.4, -0.2) is 44.1 Å². The van der Waals surface area contributed by atoms with Crippen LogP contribution in [0.3, 0.4) is 0 Å². The number of hydrogen-bond donors (Lipinski definition) is 0. The quantitative estimate of drug-likeness (QED) is 0.236.